The molecule has 6 heteroatoms. The van der Waals surface area contributed by atoms with Crippen molar-refractivity contribution in [1.82, 2.24) is 0 Å². The Balaban J connectivity index is 0.000000224. The molecule has 2 aromatic carbocycles. The van der Waals surface area contributed by atoms with E-state index in [1.54, 1.807) is 35.9 Å². The van der Waals surface area contributed by atoms with Crippen molar-refractivity contribution in [3.63, 3.8) is 0 Å². The molecule has 4 aromatic rings. The summed E-state index contributed by atoms with van der Waals surface area (Å²) >= 11 is 1.74. The molecule has 2 aromatic heterocycles. The van der Waals surface area contributed by atoms with Crippen LogP contribution in [0.3, 0.4) is 0 Å². The van der Waals surface area contributed by atoms with Crippen LogP contribution < -0.4 is 24.8 Å². The minimum Gasteiger partial charge on any atom is -1.00 e. The third kappa shape index (κ3) is 8.45. The summed E-state index contributed by atoms with van der Waals surface area (Å²) < 4.78 is 11.0. The molecule has 6 rings (SSSR count). The zero-order valence-electron chi connectivity index (χ0n) is 22.1. The average Bonchev–Trinajstić information content (AvgIpc) is 3.62. The summed E-state index contributed by atoms with van der Waals surface area (Å²) in [5.41, 5.74) is 8.08. The van der Waals surface area contributed by atoms with E-state index >= 15 is 0 Å². The maximum absolute atomic E-state index is 5.52. The molecule has 0 amide bonds. The molecule has 2 unspecified atom stereocenters. The third-order valence-corrected chi connectivity index (χ3v) is 5.95. The van der Waals surface area contributed by atoms with Crippen LogP contribution in [0.1, 0.15) is 56.7 Å². The minimum atomic E-state index is 0. The molecule has 0 bridgehead atoms. The molecule has 2 nitrogen and oxygen atoms in total. The molecule has 0 aliphatic heterocycles. The third-order valence-electron chi connectivity index (χ3n) is 5.95. The first-order valence-corrected chi connectivity index (χ1v) is 18.4. The molecular weight excluding hydrogens is 607 g/mol. The Kier molecular flexibility index (Phi) is 13.1. The Bertz CT molecular complexity index is 1290. The molecule has 2 aliphatic rings. The normalized spacial score (nSPS) is 16.3. The van der Waals surface area contributed by atoms with Gasteiger partial charge in [0.15, 0.2) is 0 Å². The molecule has 2 atom stereocenters. The van der Waals surface area contributed by atoms with Gasteiger partial charge in [-0.1, -0.05) is 38.2 Å². The van der Waals surface area contributed by atoms with Gasteiger partial charge in [-0.05, 0) is 24.3 Å². The van der Waals surface area contributed by atoms with E-state index in [2.05, 4.69) is 99.8 Å². The SMILES string of the molecule is C[Si](C)=[Zr+2].Cc1cc2c([cH-]1)C=CC=CC2c1ccco1.Cc1cc2c([cH-]1)C=CC=CC2c1ccco1.[Cl-].[Cl-]. The van der Waals surface area contributed by atoms with Crippen molar-refractivity contribution in [2.45, 2.75) is 38.8 Å². The van der Waals surface area contributed by atoms with E-state index < -0.39 is 0 Å². The van der Waals surface area contributed by atoms with Crippen molar-refractivity contribution in [3.05, 3.63) is 142 Å². The minimum absolute atomic E-state index is 0. The van der Waals surface area contributed by atoms with Crippen molar-refractivity contribution < 1.29 is 57.0 Å². The van der Waals surface area contributed by atoms with E-state index in [9.17, 15) is 0 Å². The van der Waals surface area contributed by atoms with E-state index in [-0.39, 0.29) is 42.1 Å². The molecule has 2 heterocycles. The van der Waals surface area contributed by atoms with E-state index in [1.165, 1.54) is 33.4 Å². The van der Waals surface area contributed by atoms with Crippen LogP contribution in [-0.4, -0.2) is 5.43 Å². The van der Waals surface area contributed by atoms with Gasteiger partial charge < -0.3 is 33.6 Å². The molecule has 0 N–H and O–H groups in total. The molecule has 0 fully saturated rings. The van der Waals surface area contributed by atoms with Crippen LogP contribution in [0.25, 0.3) is 12.2 Å². The molecular formula is C32H32Cl2O2SiZr-2. The van der Waals surface area contributed by atoms with Crippen LogP contribution in [0.15, 0.2) is 106 Å². The van der Waals surface area contributed by atoms with Gasteiger partial charge in [-0.3, -0.25) is 0 Å². The topological polar surface area (TPSA) is 26.3 Å². The maximum Gasteiger partial charge on any atom is 0.105 e. The molecule has 2 aliphatic carbocycles. The Labute approximate surface area is 254 Å². The first-order valence-electron chi connectivity index (χ1n) is 12.2. The Morgan fingerprint density at radius 2 is 1.11 bits per heavy atom. The second-order valence-electron chi connectivity index (χ2n) is 9.36. The summed E-state index contributed by atoms with van der Waals surface area (Å²) in [6.07, 6.45) is 20.5. The van der Waals surface area contributed by atoms with Crippen molar-refractivity contribution in [2.75, 3.05) is 0 Å². The fraction of sp³-hybridized carbons (Fsp3) is 0.188. The molecule has 0 spiro atoms. The first-order chi connectivity index (χ1) is 17.4. The van der Waals surface area contributed by atoms with Crippen molar-refractivity contribution in [1.29, 1.82) is 0 Å². The van der Waals surface area contributed by atoms with Gasteiger partial charge in [-0.25, -0.2) is 0 Å². The van der Waals surface area contributed by atoms with Gasteiger partial charge in [0.1, 0.15) is 11.5 Å². The Morgan fingerprint density at radius 3 is 1.45 bits per heavy atom. The van der Waals surface area contributed by atoms with Gasteiger partial charge >= 0.3 is 41.9 Å². The zero-order valence-corrected chi connectivity index (χ0v) is 27.1. The van der Waals surface area contributed by atoms with Crippen LogP contribution in [0.5, 0.6) is 0 Å². The van der Waals surface area contributed by atoms with Gasteiger partial charge in [-0.2, -0.15) is 23.3 Å². The number of hydrogen-bond donors (Lipinski definition) is 0. The number of aryl methyl sites for hydroxylation is 2. The van der Waals surface area contributed by atoms with Gasteiger partial charge in [0.25, 0.3) is 0 Å². The number of fused-ring (bicyclic) bond motifs is 2. The van der Waals surface area contributed by atoms with E-state index in [0.29, 0.717) is 0 Å². The standard InChI is InChI=1S/2C15H13O.C2H6Si.2ClH.Zr/c2*1-11-9-12-5-2-3-6-13(14(12)10-11)15-7-4-8-16-15;1-3-2;;;/h2*2-10,13H,1H3;1-2H3;2*1H;/q2*-1;;;;+2/p-2. The predicted octanol–water partition coefficient (Wildman–Crippen LogP) is 2.84. The molecule has 0 saturated carbocycles. The summed E-state index contributed by atoms with van der Waals surface area (Å²) in [6.45, 7) is 8.88. The summed E-state index contributed by atoms with van der Waals surface area (Å²) in [6, 6.07) is 16.9. The monoisotopic (exact) mass is 636 g/mol. The Morgan fingerprint density at radius 1 is 0.711 bits per heavy atom. The summed E-state index contributed by atoms with van der Waals surface area (Å²) in [7, 11) is 0. The largest absolute Gasteiger partial charge is 1.00 e. The fourth-order valence-electron chi connectivity index (χ4n) is 4.53. The summed E-state index contributed by atoms with van der Waals surface area (Å²) in [4.78, 5) is 0. The van der Waals surface area contributed by atoms with Crippen LogP contribution >= 0.6 is 0 Å². The smallest absolute Gasteiger partial charge is 0.105 e. The second kappa shape index (κ2) is 15.5. The molecule has 38 heavy (non-hydrogen) atoms. The maximum atomic E-state index is 5.52. The van der Waals surface area contributed by atoms with E-state index in [4.69, 9.17) is 8.83 Å². The number of allylic oxidation sites excluding steroid dienone is 6. The van der Waals surface area contributed by atoms with Gasteiger partial charge in [0, 0.05) is 11.8 Å². The van der Waals surface area contributed by atoms with E-state index in [0.717, 1.165) is 11.5 Å². The predicted molar refractivity (Wildman–Crippen MR) is 148 cm³/mol. The fourth-order valence-corrected chi connectivity index (χ4v) is 4.53. The molecule has 0 saturated heterocycles. The van der Waals surface area contributed by atoms with Crippen LogP contribution in [0.2, 0.25) is 13.1 Å². The quantitative estimate of drug-likeness (QED) is 0.250. The number of hydrogen-bond acceptors (Lipinski definition) is 2. The Hall–Kier alpha value is -2.10. The first kappa shape index (κ1) is 32.1. The summed E-state index contributed by atoms with van der Waals surface area (Å²) in [5.74, 6) is 2.50. The summed E-state index contributed by atoms with van der Waals surface area (Å²) in [5, 5.41) is 0. The number of furan rings is 2. The van der Waals surface area contributed by atoms with Gasteiger partial charge in [0.05, 0.1) is 12.5 Å². The van der Waals surface area contributed by atoms with Crippen LogP contribution in [0, 0.1) is 13.8 Å². The second-order valence-corrected chi connectivity index (χ2v) is 18.7. The van der Waals surface area contributed by atoms with Crippen molar-refractivity contribution >= 4 is 17.6 Å². The van der Waals surface area contributed by atoms with E-state index in [1.807, 2.05) is 24.3 Å². The van der Waals surface area contributed by atoms with Crippen LogP contribution in [0.4, 0.5) is 0 Å². The van der Waals surface area contributed by atoms with Crippen molar-refractivity contribution in [2.24, 2.45) is 0 Å². The number of halogens is 2. The average molecular weight is 639 g/mol. The molecule has 196 valence electrons. The van der Waals surface area contributed by atoms with Gasteiger partial charge in [-0.15, -0.1) is 58.7 Å². The van der Waals surface area contributed by atoms with Gasteiger partial charge in [0.2, 0.25) is 0 Å². The molecule has 0 radical (unpaired) electrons. The van der Waals surface area contributed by atoms with Crippen LogP contribution in [-0.2, 0) is 23.3 Å². The van der Waals surface area contributed by atoms with Crippen molar-refractivity contribution in [3.8, 4) is 0 Å². The zero-order chi connectivity index (χ0) is 25.5. The number of rotatable bonds is 2.